The number of nitrogens with zero attached hydrogens (tertiary/aromatic N) is 1. The molecule has 0 aromatic heterocycles. The van der Waals surface area contributed by atoms with Gasteiger partial charge in [-0.1, -0.05) is 63.4 Å². The number of nitrogens with one attached hydrogen (secondary N) is 2. The van der Waals surface area contributed by atoms with Crippen LogP contribution in [0.15, 0.2) is 24.3 Å². The van der Waals surface area contributed by atoms with Crippen LogP contribution in [0.2, 0.25) is 0 Å². The number of alkyl carbamates (subject to hydrolysis) is 1. The predicted molar refractivity (Wildman–Crippen MR) is 132 cm³/mol. The Labute approximate surface area is 199 Å². The third-order valence-corrected chi connectivity index (χ3v) is 5.60. The fraction of sp³-hybridized carbons (Fsp3) is 0.654. The molecular weight excluding hydrogens is 418 g/mol. The molecule has 1 aromatic rings. The Kier molecular flexibility index (Phi) is 10.9. The van der Waals surface area contributed by atoms with Crippen molar-refractivity contribution in [1.29, 1.82) is 0 Å². The maximum Gasteiger partial charge on any atom is 0.408 e. The van der Waals surface area contributed by atoms with Crippen molar-refractivity contribution in [1.82, 2.24) is 15.5 Å². The van der Waals surface area contributed by atoms with Gasteiger partial charge in [-0.05, 0) is 52.5 Å². The maximum absolute atomic E-state index is 13.6. The number of benzene rings is 1. The van der Waals surface area contributed by atoms with Crippen LogP contribution in [0.3, 0.4) is 0 Å². The average molecular weight is 462 g/mol. The number of ether oxygens (including phenoxy) is 1. The summed E-state index contributed by atoms with van der Waals surface area (Å²) >= 11 is 0. The topological polar surface area (TPSA) is 87.7 Å². The highest BCUT2D eigenvalue weighted by molar-refractivity contribution is 5.92. The second kappa shape index (κ2) is 12.6. The van der Waals surface area contributed by atoms with E-state index in [-0.39, 0.29) is 23.8 Å². The van der Waals surface area contributed by atoms with Crippen LogP contribution in [0.25, 0.3) is 0 Å². The van der Waals surface area contributed by atoms with Crippen molar-refractivity contribution in [3.8, 4) is 0 Å². The number of carbonyl (C=O) groups is 3. The highest BCUT2D eigenvalue weighted by Crippen LogP contribution is 2.24. The SMILES string of the molecule is CCCC(C)NC(=O)C(c1cccc(C)c1)N(C)C(=O)C(NC(=O)OC(C)(C)C)C(C)CC. The minimum absolute atomic E-state index is 0.0106. The van der Waals surface area contributed by atoms with E-state index in [1.54, 1.807) is 27.8 Å². The number of hydrogen-bond acceptors (Lipinski definition) is 4. The van der Waals surface area contributed by atoms with Crippen LogP contribution in [0, 0.1) is 12.8 Å². The molecule has 4 atom stereocenters. The molecule has 3 amide bonds. The second-order valence-corrected chi connectivity index (χ2v) is 9.97. The summed E-state index contributed by atoms with van der Waals surface area (Å²) in [6.07, 6.45) is 1.82. The van der Waals surface area contributed by atoms with Gasteiger partial charge in [-0.25, -0.2) is 4.79 Å². The first-order chi connectivity index (χ1) is 15.3. The fourth-order valence-corrected chi connectivity index (χ4v) is 3.68. The van der Waals surface area contributed by atoms with Crippen molar-refractivity contribution in [2.75, 3.05) is 7.05 Å². The molecule has 0 spiro atoms. The number of carbonyl (C=O) groups excluding carboxylic acids is 3. The Hall–Kier alpha value is -2.57. The van der Waals surface area contributed by atoms with Gasteiger partial charge in [0, 0.05) is 13.1 Å². The largest absolute Gasteiger partial charge is 0.444 e. The van der Waals surface area contributed by atoms with Gasteiger partial charge < -0.3 is 20.3 Å². The average Bonchev–Trinajstić information content (AvgIpc) is 2.69. The first-order valence-electron chi connectivity index (χ1n) is 11.9. The molecule has 0 fully saturated rings. The molecule has 0 aliphatic carbocycles. The highest BCUT2D eigenvalue weighted by Gasteiger charge is 2.36. The van der Waals surface area contributed by atoms with Crippen LogP contribution in [-0.4, -0.2) is 47.5 Å². The van der Waals surface area contributed by atoms with E-state index in [0.29, 0.717) is 6.42 Å². The molecule has 186 valence electrons. The van der Waals surface area contributed by atoms with Crippen molar-refractivity contribution in [3.05, 3.63) is 35.4 Å². The summed E-state index contributed by atoms with van der Waals surface area (Å²) in [5.41, 5.74) is 1.05. The van der Waals surface area contributed by atoms with Crippen LogP contribution < -0.4 is 10.6 Å². The number of amides is 3. The van der Waals surface area contributed by atoms with E-state index in [4.69, 9.17) is 4.74 Å². The summed E-state index contributed by atoms with van der Waals surface area (Å²) in [4.78, 5) is 40.9. The molecular formula is C26H43N3O4. The molecule has 1 rings (SSSR count). The van der Waals surface area contributed by atoms with Gasteiger partial charge in [0.05, 0.1) is 0 Å². The van der Waals surface area contributed by atoms with Crippen LogP contribution in [0.1, 0.15) is 84.9 Å². The first kappa shape index (κ1) is 28.5. The molecule has 7 heteroatoms. The zero-order chi connectivity index (χ0) is 25.3. The van der Waals surface area contributed by atoms with E-state index in [2.05, 4.69) is 17.6 Å². The molecule has 0 aliphatic heterocycles. The van der Waals surface area contributed by atoms with Gasteiger partial charge in [0.1, 0.15) is 17.7 Å². The normalized spacial score (nSPS) is 15.1. The lowest BCUT2D eigenvalue weighted by molar-refractivity contribution is -0.142. The minimum Gasteiger partial charge on any atom is -0.444 e. The van der Waals surface area contributed by atoms with E-state index in [1.165, 1.54) is 4.90 Å². The zero-order valence-electron chi connectivity index (χ0n) is 21.8. The summed E-state index contributed by atoms with van der Waals surface area (Å²) in [7, 11) is 1.62. The van der Waals surface area contributed by atoms with Crippen molar-refractivity contribution < 1.29 is 19.1 Å². The molecule has 1 aromatic carbocycles. The Balaban J connectivity index is 3.27. The van der Waals surface area contributed by atoms with E-state index in [0.717, 1.165) is 24.0 Å². The van der Waals surface area contributed by atoms with E-state index >= 15 is 0 Å². The third kappa shape index (κ3) is 9.06. The Morgan fingerprint density at radius 3 is 2.24 bits per heavy atom. The lowest BCUT2D eigenvalue weighted by Crippen LogP contribution is -2.54. The summed E-state index contributed by atoms with van der Waals surface area (Å²) in [5, 5.41) is 5.78. The summed E-state index contributed by atoms with van der Waals surface area (Å²) in [6, 6.07) is 5.95. The smallest absolute Gasteiger partial charge is 0.408 e. The van der Waals surface area contributed by atoms with Crippen LogP contribution >= 0.6 is 0 Å². The van der Waals surface area contributed by atoms with Crippen molar-refractivity contribution in [2.24, 2.45) is 5.92 Å². The van der Waals surface area contributed by atoms with Gasteiger partial charge >= 0.3 is 6.09 Å². The predicted octanol–water partition coefficient (Wildman–Crippen LogP) is 4.74. The van der Waals surface area contributed by atoms with E-state index in [9.17, 15) is 14.4 Å². The number of rotatable bonds is 10. The molecule has 7 nitrogen and oxygen atoms in total. The minimum atomic E-state index is -0.817. The van der Waals surface area contributed by atoms with Crippen molar-refractivity contribution in [3.63, 3.8) is 0 Å². The highest BCUT2D eigenvalue weighted by atomic mass is 16.6. The Bertz CT molecular complexity index is 803. The second-order valence-electron chi connectivity index (χ2n) is 9.97. The van der Waals surface area contributed by atoms with Crippen LogP contribution in [0.5, 0.6) is 0 Å². The summed E-state index contributed by atoms with van der Waals surface area (Å²) in [6.45, 7) is 15.2. The molecule has 33 heavy (non-hydrogen) atoms. The number of aryl methyl sites for hydroxylation is 1. The molecule has 0 saturated heterocycles. The zero-order valence-corrected chi connectivity index (χ0v) is 21.8. The molecule has 0 radical (unpaired) electrons. The van der Waals surface area contributed by atoms with Crippen molar-refractivity contribution >= 4 is 17.9 Å². The van der Waals surface area contributed by atoms with E-state index < -0.39 is 23.8 Å². The first-order valence-corrected chi connectivity index (χ1v) is 11.9. The Morgan fingerprint density at radius 1 is 1.09 bits per heavy atom. The van der Waals surface area contributed by atoms with Crippen LogP contribution in [0.4, 0.5) is 4.79 Å². The molecule has 0 heterocycles. The van der Waals surface area contributed by atoms with Gasteiger partial charge in [0.25, 0.3) is 0 Å². The number of likely N-dealkylation sites (N-methyl/N-ethyl adjacent to an activating group) is 1. The quantitative estimate of drug-likeness (QED) is 0.527. The standard InChI is InChI=1S/C26H43N3O4/c1-10-13-19(5)27-23(30)22(20-15-12-14-17(3)16-20)29(9)24(31)21(18(4)11-2)28-25(32)33-26(6,7)8/h12,14-16,18-19,21-22H,10-11,13H2,1-9H3,(H,27,30)(H,28,32). The van der Waals surface area contributed by atoms with Crippen LogP contribution in [-0.2, 0) is 14.3 Å². The monoisotopic (exact) mass is 461 g/mol. The van der Waals surface area contributed by atoms with E-state index in [1.807, 2.05) is 52.0 Å². The van der Waals surface area contributed by atoms with Gasteiger partial charge in [-0.2, -0.15) is 0 Å². The molecule has 4 unspecified atom stereocenters. The number of hydrogen-bond donors (Lipinski definition) is 2. The fourth-order valence-electron chi connectivity index (χ4n) is 3.68. The maximum atomic E-state index is 13.6. The van der Waals surface area contributed by atoms with Crippen molar-refractivity contribution in [2.45, 2.75) is 98.4 Å². The molecule has 0 aliphatic rings. The van der Waals surface area contributed by atoms with Gasteiger partial charge in [-0.15, -0.1) is 0 Å². The summed E-state index contributed by atoms with van der Waals surface area (Å²) in [5.74, 6) is -0.717. The van der Waals surface area contributed by atoms with Gasteiger partial charge in [0.15, 0.2) is 0 Å². The Morgan fingerprint density at radius 2 is 1.73 bits per heavy atom. The molecule has 0 saturated carbocycles. The third-order valence-electron chi connectivity index (χ3n) is 5.60. The lowest BCUT2D eigenvalue weighted by atomic mass is 9.95. The summed E-state index contributed by atoms with van der Waals surface area (Å²) < 4.78 is 5.38. The van der Waals surface area contributed by atoms with Gasteiger partial charge in [0.2, 0.25) is 11.8 Å². The van der Waals surface area contributed by atoms with Gasteiger partial charge in [-0.3, -0.25) is 9.59 Å². The molecule has 0 bridgehead atoms. The lowest BCUT2D eigenvalue weighted by Gasteiger charge is -2.34. The molecule has 2 N–H and O–H groups in total.